The fourth-order valence-corrected chi connectivity index (χ4v) is 3.94. The molecule has 29 heavy (non-hydrogen) atoms. The van der Waals surface area contributed by atoms with E-state index < -0.39 is 0 Å². The molecule has 1 aromatic heterocycles. The van der Waals surface area contributed by atoms with Crippen molar-refractivity contribution in [2.75, 3.05) is 44.2 Å². The average molecular weight is 530 g/mol. The molecule has 1 aromatic carbocycles. The van der Waals surface area contributed by atoms with Crippen LogP contribution in [-0.2, 0) is 13.0 Å². The second-order valence-corrected chi connectivity index (χ2v) is 7.26. The van der Waals surface area contributed by atoms with Crippen LogP contribution in [0.5, 0.6) is 5.75 Å². The third kappa shape index (κ3) is 6.43. The van der Waals surface area contributed by atoms with Gasteiger partial charge >= 0.3 is 0 Å². The smallest absolute Gasteiger partial charge is 0.205 e. The quantitative estimate of drug-likeness (QED) is 0.337. The minimum atomic E-state index is 0. The summed E-state index contributed by atoms with van der Waals surface area (Å²) < 4.78 is 10.1. The monoisotopic (exact) mass is 530 g/mol. The lowest BCUT2D eigenvalue weighted by Crippen LogP contribution is -2.52. The summed E-state index contributed by atoms with van der Waals surface area (Å²) in [6.07, 6.45) is 0.886. The molecule has 0 radical (unpaired) electrons. The zero-order chi connectivity index (χ0) is 19.8. The number of aryl methyl sites for hydroxylation is 1. The van der Waals surface area contributed by atoms with E-state index in [-0.39, 0.29) is 24.0 Å². The predicted octanol–water partition coefficient (Wildman–Crippen LogP) is 3.40. The zero-order valence-corrected chi connectivity index (χ0v) is 20.6. The Morgan fingerprint density at radius 3 is 2.59 bits per heavy atom. The Morgan fingerprint density at radius 1 is 1.17 bits per heavy atom. The lowest BCUT2D eigenvalue weighted by Gasteiger charge is -2.36. The maximum atomic E-state index is 5.73. The molecule has 9 heteroatoms. The summed E-state index contributed by atoms with van der Waals surface area (Å²) in [5.74, 6) is 2.81. The number of benzene rings is 1. The van der Waals surface area contributed by atoms with Crippen molar-refractivity contribution < 1.29 is 4.74 Å². The third-order valence-electron chi connectivity index (χ3n) is 4.63. The number of para-hydroxylation sites is 1. The number of ether oxygens (including phenoxy) is 1. The first-order chi connectivity index (χ1) is 13.7. The number of anilines is 1. The van der Waals surface area contributed by atoms with E-state index >= 15 is 0 Å². The molecule has 2 heterocycles. The molecule has 0 atom stereocenters. The molecule has 2 aromatic rings. The van der Waals surface area contributed by atoms with Gasteiger partial charge in [0.2, 0.25) is 5.13 Å². The molecule has 0 aliphatic carbocycles. The van der Waals surface area contributed by atoms with E-state index in [9.17, 15) is 0 Å². The molecule has 3 rings (SSSR count). The van der Waals surface area contributed by atoms with Gasteiger partial charge in [0.05, 0.1) is 13.2 Å². The van der Waals surface area contributed by atoms with Crippen LogP contribution in [0.3, 0.4) is 0 Å². The minimum Gasteiger partial charge on any atom is -0.494 e. The van der Waals surface area contributed by atoms with Crippen molar-refractivity contribution in [3.05, 3.63) is 35.7 Å². The van der Waals surface area contributed by atoms with Gasteiger partial charge in [-0.25, -0.2) is 9.98 Å². The fourth-order valence-electron chi connectivity index (χ4n) is 3.14. The lowest BCUT2D eigenvalue weighted by molar-refractivity contribution is 0.336. The SMILES string of the molecule is CCNC(=NCc1ccccc1OCC)N1CCN(c2nc(CC)ns2)CC1.I. The van der Waals surface area contributed by atoms with E-state index in [1.54, 1.807) is 0 Å². The van der Waals surface area contributed by atoms with Gasteiger partial charge in [-0.2, -0.15) is 4.37 Å². The second kappa shape index (κ2) is 12.2. The topological polar surface area (TPSA) is 65.9 Å². The van der Waals surface area contributed by atoms with Crippen LogP contribution in [0.25, 0.3) is 0 Å². The molecule has 1 N–H and O–H groups in total. The van der Waals surface area contributed by atoms with Crippen molar-refractivity contribution in [2.45, 2.75) is 33.7 Å². The summed E-state index contributed by atoms with van der Waals surface area (Å²) in [5.41, 5.74) is 1.11. The molecule has 0 saturated carbocycles. The number of rotatable bonds is 7. The molecule has 0 bridgehead atoms. The fraction of sp³-hybridized carbons (Fsp3) is 0.550. The summed E-state index contributed by atoms with van der Waals surface area (Å²) in [5, 5.41) is 4.46. The molecule has 1 aliphatic rings. The van der Waals surface area contributed by atoms with Gasteiger partial charge in [0.1, 0.15) is 11.6 Å². The van der Waals surface area contributed by atoms with Gasteiger partial charge < -0.3 is 19.9 Å². The average Bonchev–Trinajstić information content (AvgIpc) is 3.22. The summed E-state index contributed by atoms with van der Waals surface area (Å²) in [7, 11) is 0. The van der Waals surface area contributed by atoms with Crippen LogP contribution in [0.15, 0.2) is 29.3 Å². The Labute approximate surface area is 194 Å². The van der Waals surface area contributed by atoms with Gasteiger partial charge in [-0.15, -0.1) is 24.0 Å². The van der Waals surface area contributed by atoms with Crippen molar-refractivity contribution in [1.29, 1.82) is 0 Å². The van der Waals surface area contributed by atoms with E-state index in [0.717, 1.165) is 67.4 Å². The Bertz CT molecular complexity index is 776. The molecule has 0 spiro atoms. The van der Waals surface area contributed by atoms with Gasteiger partial charge in [-0.3, -0.25) is 0 Å². The first-order valence-corrected chi connectivity index (χ1v) is 10.8. The molecule has 1 saturated heterocycles. The first kappa shape index (κ1) is 23.7. The maximum absolute atomic E-state index is 5.73. The molecular formula is C20H31IN6OS. The normalized spacial score (nSPS) is 14.5. The first-order valence-electron chi connectivity index (χ1n) is 10.1. The molecule has 7 nitrogen and oxygen atoms in total. The highest BCUT2D eigenvalue weighted by Crippen LogP contribution is 2.21. The van der Waals surface area contributed by atoms with Crippen LogP contribution in [0, 0.1) is 0 Å². The summed E-state index contributed by atoms with van der Waals surface area (Å²) >= 11 is 1.50. The summed E-state index contributed by atoms with van der Waals surface area (Å²) in [6.45, 7) is 12.0. The molecule has 0 amide bonds. The molecule has 1 aliphatic heterocycles. The van der Waals surface area contributed by atoms with Crippen LogP contribution < -0.4 is 15.0 Å². The highest BCUT2D eigenvalue weighted by molar-refractivity contribution is 14.0. The summed E-state index contributed by atoms with van der Waals surface area (Å²) in [6, 6.07) is 8.12. The zero-order valence-electron chi connectivity index (χ0n) is 17.4. The number of piperazine rings is 1. The number of aliphatic imine (C=N–C) groups is 1. The van der Waals surface area contributed by atoms with E-state index in [1.807, 2.05) is 25.1 Å². The van der Waals surface area contributed by atoms with Gasteiger partial charge in [0, 0.05) is 56.2 Å². The Kier molecular flexibility index (Phi) is 9.92. The molecular weight excluding hydrogens is 499 g/mol. The highest BCUT2D eigenvalue weighted by Gasteiger charge is 2.22. The molecule has 1 fully saturated rings. The van der Waals surface area contributed by atoms with E-state index in [2.05, 4.69) is 44.4 Å². The van der Waals surface area contributed by atoms with Gasteiger partial charge in [-0.1, -0.05) is 25.1 Å². The number of nitrogens with zero attached hydrogens (tertiary/aromatic N) is 5. The van der Waals surface area contributed by atoms with E-state index in [1.165, 1.54) is 11.5 Å². The van der Waals surface area contributed by atoms with Crippen molar-refractivity contribution in [2.24, 2.45) is 4.99 Å². The van der Waals surface area contributed by atoms with Gasteiger partial charge in [0.15, 0.2) is 5.96 Å². The third-order valence-corrected chi connectivity index (χ3v) is 5.44. The largest absolute Gasteiger partial charge is 0.494 e. The molecule has 160 valence electrons. The van der Waals surface area contributed by atoms with E-state index in [4.69, 9.17) is 9.73 Å². The number of hydrogen-bond acceptors (Lipinski definition) is 6. The Balaban J connectivity index is 0.00000300. The number of halogens is 1. The van der Waals surface area contributed by atoms with Crippen molar-refractivity contribution in [1.82, 2.24) is 19.6 Å². The number of guanidine groups is 1. The van der Waals surface area contributed by atoms with Crippen LogP contribution in [0.1, 0.15) is 32.2 Å². The van der Waals surface area contributed by atoms with Gasteiger partial charge in [-0.05, 0) is 19.9 Å². The highest BCUT2D eigenvalue weighted by atomic mass is 127. The van der Waals surface area contributed by atoms with Crippen molar-refractivity contribution in [3.8, 4) is 5.75 Å². The summed E-state index contributed by atoms with van der Waals surface area (Å²) in [4.78, 5) is 14.1. The van der Waals surface area contributed by atoms with E-state index in [0.29, 0.717) is 13.2 Å². The number of aromatic nitrogens is 2. The lowest BCUT2D eigenvalue weighted by atomic mass is 10.2. The number of hydrogen-bond donors (Lipinski definition) is 1. The van der Waals surface area contributed by atoms with Crippen LogP contribution in [0.4, 0.5) is 5.13 Å². The predicted molar refractivity (Wildman–Crippen MR) is 131 cm³/mol. The molecule has 0 unspecified atom stereocenters. The van der Waals surface area contributed by atoms with Crippen molar-refractivity contribution >= 4 is 46.6 Å². The Hall–Kier alpha value is -1.62. The maximum Gasteiger partial charge on any atom is 0.205 e. The van der Waals surface area contributed by atoms with Crippen molar-refractivity contribution in [3.63, 3.8) is 0 Å². The van der Waals surface area contributed by atoms with Gasteiger partial charge in [0.25, 0.3) is 0 Å². The van der Waals surface area contributed by atoms with Crippen LogP contribution in [0.2, 0.25) is 0 Å². The standard InChI is InChI=1S/C20H30N6OS.HI/c1-4-18-23-20(28-24-18)26-13-11-25(12-14-26)19(21-5-2)22-15-16-9-7-8-10-17(16)27-6-3;/h7-10H,4-6,11-15H2,1-3H3,(H,21,22);1H. The van der Waals surface area contributed by atoms with Crippen LogP contribution >= 0.6 is 35.5 Å². The number of nitrogens with one attached hydrogen (secondary N) is 1. The second-order valence-electron chi connectivity index (χ2n) is 6.53. The van der Waals surface area contributed by atoms with Crippen LogP contribution in [-0.4, -0.2) is 59.5 Å². The Morgan fingerprint density at radius 2 is 1.93 bits per heavy atom. The minimum absolute atomic E-state index is 0.